The summed E-state index contributed by atoms with van der Waals surface area (Å²) in [6, 6.07) is 21.6. The molecule has 5 nitrogen and oxygen atoms in total. The quantitative estimate of drug-likeness (QED) is 0.589. The van der Waals surface area contributed by atoms with Crippen molar-refractivity contribution < 1.29 is 14.3 Å². The second kappa shape index (κ2) is 8.82. The molecule has 0 fully saturated rings. The smallest absolute Gasteiger partial charge is 0.258 e. The lowest BCUT2D eigenvalue weighted by Crippen LogP contribution is -2.45. The third-order valence-corrected chi connectivity index (χ3v) is 5.83. The van der Waals surface area contributed by atoms with E-state index in [0.29, 0.717) is 28.4 Å². The molecule has 2 amide bonds. The van der Waals surface area contributed by atoms with Crippen molar-refractivity contribution in [1.29, 1.82) is 0 Å². The average Bonchev–Trinajstić information content (AvgIpc) is 2.79. The number of halogens is 1. The summed E-state index contributed by atoms with van der Waals surface area (Å²) in [7, 11) is 1.59. The number of hydrogen-bond acceptors (Lipinski definition) is 3. The first-order valence-corrected chi connectivity index (χ1v) is 10.5. The normalized spacial score (nSPS) is 17.6. The van der Waals surface area contributed by atoms with E-state index in [1.807, 2.05) is 31.2 Å². The molecular weight excluding hydrogens is 412 g/mol. The Labute approximate surface area is 186 Å². The minimum Gasteiger partial charge on any atom is -0.497 e. The van der Waals surface area contributed by atoms with Crippen LogP contribution in [0, 0.1) is 0 Å². The van der Waals surface area contributed by atoms with Crippen molar-refractivity contribution in [2.75, 3.05) is 17.3 Å². The minimum atomic E-state index is -0.359. The molecule has 0 saturated carbocycles. The maximum Gasteiger partial charge on any atom is 0.258 e. The van der Waals surface area contributed by atoms with Gasteiger partial charge in [-0.1, -0.05) is 29.8 Å². The Hall–Kier alpha value is -3.31. The molecule has 0 radical (unpaired) electrons. The summed E-state index contributed by atoms with van der Waals surface area (Å²) in [6.45, 7) is 1.97. The van der Waals surface area contributed by atoms with E-state index < -0.39 is 0 Å². The van der Waals surface area contributed by atoms with Gasteiger partial charge in [-0.25, -0.2) is 0 Å². The van der Waals surface area contributed by atoms with Crippen LogP contribution in [0.4, 0.5) is 11.4 Å². The Kier molecular flexibility index (Phi) is 5.96. The third kappa shape index (κ3) is 4.28. The molecule has 0 bridgehead atoms. The van der Waals surface area contributed by atoms with Crippen LogP contribution in [0.15, 0.2) is 72.8 Å². The van der Waals surface area contributed by atoms with Gasteiger partial charge in [0.15, 0.2) is 0 Å². The SMILES string of the molecule is COc1ccc(C(=O)N2c3ccccc3[C@@H](C(=O)Nc3ccc(Cl)cc3)C[C@@H]2C)cc1. The van der Waals surface area contributed by atoms with Gasteiger partial charge in [-0.05, 0) is 73.5 Å². The highest BCUT2D eigenvalue weighted by Crippen LogP contribution is 2.40. The molecular formula is C25H23ClN2O3. The summed E-state index contributed by atoms with van der Waals surface area (Å²) in [5, 5.41) is 3.59. The molecule has 4 rings (SSSR count). The van der Waals surface area contributed by atoms with Crippen LogP contribution in [0.2, 0.25) is 5.02 Å². The highest BCUT2D eigenvalue weighted by atomic mass is 35.5. The topological polar surface area (TPSA) is 58.6 Å². The summed E-state index contributed by atoms with van der Waals surface area (Å²) >= 11 is 5.94. The molecule has 0 aliphatic carbocycles. The zero-order valence-corrected chi connectivity index (χ0v) is 18.1. The van der Waals surface area contributed by atoms with Crippen LogP contribution in [0.25, 0.3) is 0 Å². The molecule has 31 heavy (non-hydrogen) atoms. The Balaban J connectivity index is 1.63. The Morgan fingerprint density at radius 2 is 1.68 bits per heavy atom. The van der Waals surface area contributed by atoms with Crippen LogP contribution in [-0.4, -0.2) is 25.0 Å². The number of carbonyl (C=O) groups is 2. The second-order valence-corrected chi connectivity index (χ2v) is 8.03. The number of carbonyl (C=O) groups excluding carboxylic acids is 2. The van der Waals surface area contributed by atoms with Crippen LogP contribution < -0.4 is 15.0 Å². The highest BCUT2D eigenvalue weighted by Gasteiger charge is 2.37. The number of benzene rings is 3. The predicted molar refractivity (Wildman–Crippen MR) is 123 cm³/mol. The average molecular weight is 435 g/mol. The molecule has 1 heterocycles. The number of fused-ring (bicyclic) bond motifs is 1. The fourth-order valence-corrected chi connectivity index (χ4v) is 4.13. The van der Waals surface area contributed by atoms with Crippen LogP contribution in [0.5, 0.6) is 5.75 Å². The standard InChI is InChI=1S/C25H23ClN2O3/c1-16-15-22(24(29)27-19-11-9-18(26)10-12-19)21-5-3-4-6-23(21)28(16)25(30)17-7-13-20(31-2)14-8-17/h3-14,16,22H,15H2,1-2H3,(H,27,29)/t16-,22-/m0/s1. The third-order valence-electron chi connectivity index (χ3n) is 5.57. The molecule has 0 spiro atoms. The zero-order valence-electron chi connectivity index (χ0n) is 17.3. The first-order valence-electron chi connectivity index (χ1n) is 10.1. The van der Waals surface area contributed by atoms with Gasteiger partial charge in [-0.2, -0.15) is 0 Å². The maximum atomic E-state index is 13.3. The molecule has 3 aromatic carbocycles. The number of amides is 2. The van der Waals surface area contributed by atoms with Crippen LogP contribution in [0.1, 0.15) is 35.2 Å². The molecule has 0 saturated heterocycles. The molecule has 3 aromatic rings. The number of nitrogens with one attached hydrogen (secondary N) is 1. The van der Waals surface area contributed by atoms with Gasteiger partial charge < -0.3 is 15.0 Å². The molecule has 1 aliphatic heterocycles. The Morgan fingerprint density at radius 3 is 2.35 bits per heavy atom. The van der Waals surface area contributed by atoms with Crippen molar-refractivity contribution in [2.24, 2.45) is 0 Å². The van der Waals surface area contributed by atoms with E-state index in [2.05, 4.69) is 5.32 Å². The summed E-state index contributed by atoms with van der Waals surface area (Å²) < 4.78 is 5.19. The van der Waals surface area contributed by atoms with E-state index in [9.17, 15) is 9.59 Å². The van der Waals surface area contributed by atoms with Gasteiger partial charge in [0.1, 0.15) is 5.75 Å². The summed E-state index contributed by atoms with van der Waals surface area (Å²) in [6.07, 6.45) is 0.526. The molecule has 1 N–H and O–H groups in total. The minimum absolute atomic E-state index is 0.0980. The number of anilines is 2. The van der Waals surface area contributed by atoms with Gasteiger partial charge in [-0.15, -0.1) is 0 Å². The fraction of sp³-hybridized carbons (Fsp3) is 0.200. The van der Waals surface area contributed by atoms with Crippen molar-refractivity contribution in [1.82, 2.24) is 0 Å². The largest absolute Gasteiger partial charge is 0.497 e. The first-order chi connectivity index (χ1) is 15.0. The highest BCUT2D eigenvalue weighted by molar-refractivity contribution is 6.30. The first kappa shape index (κ1) is 20.9. The lowest BCUT2D eigenvalue weighted by molar-refractivity contribution is -0.117. The van der Waals surface area contributed by atoms with Crippen molar-refractivity contribution >= 4 is 34.8 Å². The second-order valence-electron chi connectivity index (χ2n) is 7.60. The molecule has 158 valence electrons. The van der Waals surface area contributed by atoms with E-state index in [-0.39, 0.29) is 23.8 Å². The predicted octanol–water partition coefficient (Wildman–Crippen LogP) is 5.51. The lowest BCUT2D eigenvalue weighted by Gasteiger charge is -2.39. The zero-order chi connectivity index (χ0) is 22.0. The number of hydrogen-bond donors (Lipinski definition) is 1. The van der Waals surface area contributed by atoms with Gasteiger partial charge in [0.05, 0.1) is 13.0 Å². The lowest BCUT2D eigenvalue weighted by atomic mass is 9.85. The number of methoxy groups -OCH3 is 1. The van der Waals surface area contributed by atoms with Gasteiger partial charge in [0.2, 0.25) is 5.91 Å². The van der Waals surface area contributed by atoms with Gasteiger partial charge in [0.25, 0.3) is 5.91 Å². The number of ether oxygens (including phenoxy) is 1. The van der Waals surface area contributed by atoms with Gasteiger partial charge >= 0.3 is 0 Å². The number of rotatable bonds is 4. The van der Waals surface area contributed by atoms with Crippen LogP contribution in [-0.2, 0) is 4.79 Å². The van der Waals surface area contributed by atoms with Crippen molar-refractivity contribution in [3.05, 3.63) is 88.9 Å². The fourth-order valence-electron chi connectivity index (χ4n) is 4.01. The Bertz CT molecular complexity index is 1100. The molecule has 1 aliphatic rings. The van der Waals surface area contributed by atoms with Crippen LogP contribution in [0.3, 0.4) is 0 Å². The van der Waals surface area contributed by atoms with Gasteiger partial charge in [0, 0.05) is 28.0 Å². The van der Waals surface area contributed by atoms with E-state index in [1.165, 1.54) is 0 Å². The van der Waals surface area contributed by atoms with Crippen molar-refractivity contribution in [3.63, 3.8) is 0 Å². The van der Waals surface area contributed by atoms with Gasteiger partial charge in [-0.3, -0.25) is 9.59 Å². The van der Waals surface area contributed by atoms with E-state index in [0.717, 1.165) is 11.3 Å². The molecule has 2 atom stereocenters. The maximum absolute atomic E-state index is 13.3. The summed E-state index contributed by atoms with van der Waals surface area (Å²) in [5.74, 6) is 0.140. The van der Waals surface area contributed by atoms with Crippen molar-refractivity contribution in [2.45, 2.75) is 25.3 Å². The Morgan fingerprint density at radius 1 is 1.00 bits per heavy atom. The van der Waals surface area contributed by atoms with E-state index in [1.54, 1.807) is 60.5 Å². The number of para-hydroxylation sites is 1. The molecule has 0 unspecified atom stereocenters. The van der Waals surface area contributed by atoms with E-state index in [4.69, 9.17) is 16.3 Å². The summed E-state index contributed by atoms with van der Waals surface area (Å²) in [4.78, 5) is 28.2. The monoisotopic (exact) mass is 434 g/mol. The number of nitrogens with zero attached hydrogens (tertiary/aromatic N) is 1. The van der Waals surface area contributed by atoms with Crippen molar-refractivity contribution in [3.8, 4) is 5.75 Å². The van der Waals surface area contributed by atoms with E-state index >= 15 is 0 Å². The molecule has 6 heteroatoms. The summed E-state index contributed by atoms with van der Waals surface area (Å²) in [5.41, 5.74) is 2.87. The molecule has 0 aromatic heterocycles. The van der Waals surface area contributed by atoms with Crippen LogP contribution >= 0.6 is 11.6 Å².